The third-order valence-electron chi connectivity index (χ3n) is 2.89. The Morgan fingerprint density at radius 2 is 1.38 bits per heavy atom. The van der Waals surface area contributed by atoms with Crippen LogP contribution in [0.4, 0.5) is 0 Å². The number of carbonyl (C=O) groups excluding carboxylic acids is 3. The summed E-state index contributed by atoms with van der Waals surface area (Å²) in [5.41, 5.74) is -0.721. The first-order valence-electron chi connectivity index (χ1n) is 5.29. The molecule has 0 aromatic heterocycles. The van der Waals surface area contributed by atoms with Crippen LogP contribution in [0.5, 0.6) is 0 Å². The van der Waals surface area contributed by atoms with Gasteiger partial charge < -0.3 is 15.0 Å². The van der Waals surface area contributed by atoms with Crippen LogP contribution in [0, 0.1) is 0 Å². The van der Waals surface area contributed by atoms with E-state index in [1.54, 1.807) is 0 Å². The molecule has 0 spiro atoms. The maximum absolute atomic E-state index is 12.2. The van der Waals surface area contributed by atoms with E-state index in [4.69, 9.17) is 51.5 Å². The van der Waals surface area contributed by atoms with Gasteiger partial charge in [0.1, 0.15) is 6.04 Å². The molecular formula is C11H4Cl4NO5-. The van der Waals surface area contributed by atoms with Crippen molar-refractivity contribution in [2.45, 2.75) is 6.04 Å². The maximum atomic E-state index is 12.2. The van der Waals surface area contributed by atoms with E-state index in [0.29, 0.717) is 4.90 Å². The maximum Gasteiger partial charge on any atom is 0.263 e. The fourth-order valence-electron chi connectivity index (χ4n) is 1.91. The lowest BCUT2D eigenvalue weighted by Gasteiger charge is -2.24. The first kappa shape index (κ1) is 16.3. The predicted octanol–water partition coefficient (Wildman–Crippen LogP) is 1.01. The third-order valence-corrected chi connectivity index (χ3v) is 4.69. The van der Waals surface area contributed by atoms with Crippen LogP contribution in [0.25, 0.3) is 0 Å². The first-order chi connectivity index (χ1) is 9.73. The van der Waals surface area contributed by atoms with Crippen molar-refractivity contribution in [2.24, 2.45) is 0 Å². The van der Waals surface area contributed by atoms with Gasteiger partial charge in [-0.2, -0.15) is 0 Å². The lowest BCUT2D eigenvalue weighted by molar-refractivity contribution is -0.311. The Morgan fingerprint density at radius 3 is 1.67 bits per heavy atom. The standard InChI is InChI=1S/C11H5Cl4NO5/c12-5-3-4(6(13)8(15)7(5)14)10(19)16(9(3)18)2(1-17)11(20)21/h2,17H,1H2,(H,20,21)/p-1/t2-/m0/s1. The summed E-state index contributed by atoms with van der Waals surface area (Å²) in [7, 11) is 0. The number of aliphatic carboxylic acids is 1. The summed E-state index contributed by atoms with van der Waals surface area (Å²) in [6.45, 7) is -1.02. The van der Waals surface area contributed by atoms with Crippen LogP contribution >= 0.6 is 46.4 Å². The minimum absolute atomic E-state index is 0.237. The second kappa shape index (κ2) is 5.62. The van der Waals surface area contributed by atoms with Crippen LogP contribution in [0.3, 0.4) is 0 Å². The molecule has 1 N–H and O–H groups in total. The Labute approximate surface area is 137 Å². The third kappa shape index (κ3) is 2.27. The molecule has 0 saturated heterocycles. The highest BCUT2D eigenvalue weighted by atomic mass is 35.5. The smallest absolute Gasteiger partial charge is 0.263 e. The number of nitrogens with zero attached hydrogens (tertiary/aromatic N) is 1. The van der Waals surface area contributed by atoms with Crippen LogP contribution in [0.15, 0.2) is 0 Å². The van der Waals surface area contributed by atoms with Crippen molar-refractivity contribution in [2.75, 3.05) is 6.61 Å². The summed E-state index contributed by atoms with van der Waals surface area (Å²) in [6, 6.07) is -1.87. The zero-order chi connectivity index (χ0) is 16.1. The molecule has 0 unspecified atom stereocenters. The number of rotatable bonds is 3. The lowest BCUT2D eigenvalue weighted by Crippen LogP contribution is -2.52. The molecule has 112 valence electrons. The summed E-state index contributed by atoms with van der Waals surface area (Å²) in [4.78, 5) is 35.6. The molecule has 0 bridgehead atoms. The highest BCUT2D eigenvalue weighted by molar-refractivity contribution is 6.55. The quantitative estimate of drug-likeness (QED) is 0.485. The Hall–Kier alpha value is -1.05. The molecule has 1 atom stereocenters. The number of hydrogen-bond donors (Lipinski definition) is 1. The summed E-state index contributed by atoms with van der Waals surface area (Å²) in [5.74, 6) is -3.91. The molecule has 0 radical (unpaired) electrons. The fraction of sp³-hybridized carbons (Fsp3) is 0.182. The summed E-state index contributed by atoms with van der Waals surface area (Å²) < 4.78 is 0. The van der Waals surface area contributed by atoms with Crippen molar-refractivity contribution in [1.29, 1.82) is 0 Å². The average Bonchev–Trinajstić information content (AvgIpc) is 2.68. The van der Waals surface area contributed by atoms with Gasteiger partial charge in [0.05, 0.1) is 43.8 Å². The predicted molar refractivity (Wildman–Crippen MR) is 72.9 cm³/mol. The molecular weight excluding hydrogens is 368 g/mol. The van der Waals surface area contributed by atoms with E-state index in [9.17, 15) is 19.5 Å². The van der Waals surface area contributed by atoms with E-state index in [0.717, 1.165) is 0 Å². The summed E-state index contributed by atoms with van der Waals surface area (Å²) in [5, 5.41) is 18.8. The van der Waals surface area contributed by atoms with Gasteiger partial charge in [0.15, 0.2) is 0 Å². The van der Waals surface area contributed by atoms with Gasteiger partial charge in [-0.15, -0.1) is 0 Å². The second-order valence-electron chi connectivity index (χ2n) is 4.00. The molecule has 0 saturated carbocycles. The summed E-state index contributed by atoms with van der Waals surface area (Å²) >= 11 is 23.3. The normalized spacial score (nSPS) is 15.4. The number of carboxylic acid groups (broad SMARTS) is 1. The molecule has 2 rings (SSSR count). The van der Waals surface area contributed by atoms with Crippen molar-refractivity contribution in [3.8, 4) is 0 Å². The topological polar surface area (TPSA) is 97.7 Å². The molecule has 1 aromatic rings. The minimum Gasteiger partial charge on any atom is -0.548 e. The van der Waals surface area contributed by atoms with E-state index in [1.165, 1.54) is 0 Å². The highest BCUT2D eigenvalue weighted by Gasteiger charge is 2.44. The van der Waals surface area contributed by atoms with E-state index in [-0.39, 0.29) is 31.2 Å². The number of imide groups is 1. The van der Waals surface area contributed by atoms with Gasteiger partial charge in [-0.25, -0.2) is 0 Å². The van der Waals surface area contributed by atoms with Crippen molar-refractivity contribution in [3.63, 3.8) is 0 Å². The van der Waals surface area contributed by atoms with E-state index >= 15 is 0 Å². The highest BCUT2D eigenvalue weighted by Crippen LogP contribution is 2.45. The van der Waals surface area contributed by atoms with Crippen molar-refractivity contribution in [1.82, 2.24) is 4.90 Å². The van der Waals surface area contributed by atoms with Gasteiger partial charge in [0.2, 0.25) is 0 Å². The monoisotopic (exact) mass is 370 g/mol. The SMILES string of the molecule is O=C([O-])[C@H](CO)N1C(=O)c2c(Cl)c(Cl)c(Cl)c(Cl)c2C1=O. The fourth-order valence-corrected chi connectivity index (χ4v) is 2.93. The Kier molecular flexibility index (Phi) is 4.37. The van der Waals surface area contributed by atoms with Crippen molar-refractivity contribution < 1.29 is 24.6 Å². The number of fused-ring (bicyclic) bond motifs is 1. The molecule has 1 heterocycles. The van der Waals surface area contributed by atoms with Crippen molar-refractivity contribution in [3.05, 3.63) is 31.2 Å². The van der Waals surface area contributed by atoms with Crippen LogP contribution < -0.4 is 5.11 Å². The summed E-state index contributed by atoms with van der Waals surface area (Å²) in [6.07, 6.45) is 0. The zero-order valence-corrected chi connectivity index (χ0v) is 12.8. The molecule has 1 aliphatic rings. The first-order valence-corrected chi connectivity index (χ1v) is 6.80. The largest absolute Gasteiger partial charge is 0.548 e. The molecule has 0 aliphatic carbocycles. The number of amides is 2. The Balaban J connectivity index is 2.71. The van der Waals surface area contributed by atoms with Crippen LogP contribution in [0.1, 0.15) is 20.7 Å². The minimum atomic E-state index is -1.87. The number of benzene rings is 1. The lowest BCUT2D eigenvalue weighted by atomic mass is 10.1. The van der Waals surface area contributed by atoms with Gasteiger partial charge in [-0.1, -0.05) is 46.4 Å². The van der Waals surface area contributed by atoms with Crippen LogP contribution in [0.2, 0.25) is 20.1 Å². The number of aliphatic hydroxyl groups is 1. The van der Waals surface area contributed by atoms with Crippen LogP contribution in [-0.4, -0.2) is 40.4 Å². The van der Waals surface area contributed by atoms with Gasteiger partial charge in [-0.05, 0) is 0 Å². The number of carbonyl (C=O) groups is 3. The molecule has 21 heavy (non-hydrogen) atoms. The van der Waals surface area contributed by atoms with E-state index in [1.807, 2.05) is 0 Å². The number of hydrogen-bond acceptors (Lipinski definition) is 5. The Morgan fingerprint density at radius 1 is 1.00 bits per heavy atom. The molecule has 0 fully saturated rings. The molecule has 2 amide bonds. The van der Waals surface area contributed by atoms with E-state index < -0.39 is 30.4 Å². The number of aliphatic hydroxyl groups excluding tert-OH is 1. The number of halogens is 4. The second-order valence-corrected chi connectivity index (χ2v) is 5.52. The average molecular weight is 372 g/mol. The van der Waals surface area contributed by atoms with Gasteiger partial charge in [-0.3, -0.25) is 14.5 Å². The van der Waals surface area contributed by atoms with Crippen LogP contribution in [-0.2, 0) is 4.79 Å². The molecule has 6 nitrogen and oxygen atoms in total. The molecule has 1 aliphatic heterocycles. The van der Waals surface area contributed by atoms with E-state index in [2.05, 4.69) is 0 Å². The zero-order valence-electron chi connectivity index (χ0n) is 9.82. The molecule has 1 aromatic carbocycles. The number of carboxylic acids is 1. The molecule has 10 heteroatoms. The van der Waals surface area contributed by atoms with Gasteiger partial charge in [0, 0.05) is 0 Å². The Bertz CT molecular complexity index is 643. The van der Waals surface area contributed by atoms with Crippen molar-refractivity contribution >= 4 is 64.2 Å². The van der Waals surface area contributed by atoms with Gasteiger partial charge >= 0.3 is 0 Å². The van der Waals surface area contributed by atoms with Gasteiger partial charge in [0.25, 0.3) is 11.8 Å².